The molecule has 104 valence electrons. The summed E-state index contributed by atoms with van der Waals surface area (Å²) in [7, 11) is 4.37. The molecule has 1 N–H and O–H groups in total. The zero-order valence-electron chi connectivity index (χ0n) is 12.0. The fraction of sp³-hybridized carbons (Fsp3) is 0.625. The van der Waals surface area contributed by atoms with Crippen LogP contribution >= 0.6 is 0 Å². The molecule has 19 heavy (non-hydrogen) atoms. The Bertz CT molecular complexity index is 450. The second kappa shape index (κ2) is 5.14. The molecule has 3 rings (SSSR count). The predicted octanol–water partition coefficient (Wildman–Crippen LogP) is 2.41. The third-order valence-electron chi connectivity index (χ3n) is 4.88. The average molecular weight is 260 g/mol. The molecule has 1 atom stereocenters. The van der Waals surface area contributed by atoms with Crippen LogP contribution in [0.2, 0.25) is 0 Å². The van der Waals surface area contributed by atoms with Crippen molar-refractivity contribution in [2.75, 3.05) is 27.2 Å². The van der Waals surface area contributed by atoms with Crippen LogP contribution in [0.4, 0.5) is 0 Å². The Hall–Kier alpha value is -1.06. The summed E-state index contributed by atoms with van der Waals surface area (Å²) in [5.41, 5.74) is 2.55. The van der Waals surface area contributed by atoms with Gasteiger partial charge in [-0.2, -0.15) is 0 Å². The van der Waals surface area contributed by atoms with Gasteiger partial charge < -0.3 is 10.0 Å². The van der Waals surface area contributed by atoms with Gasteiger partial charge in [-0.05, 0) is 57.0 Å². The van der Waals surface area contributed by atoms with Gasteiger partial charge in [-0.15, -0.1) is 0 Å². The fourth-order valence-corrected chi connectivity index (χ4v) is 3.71. The predicted molar refractivity (Wildman–Crippen MR) is 77.5 cm³/mol. The Morgan fingerprint density at radius 2 is 1.89 bits per heavy atom. The highest BCUT2D eigenvalue weighted by Crippen LogP contribution is 2.40. The van der Waals surface area contributed by atoms with E-state index >= 15 is 0 Å². The van der Waals surface area contributed by atoms with Gasteiger partial charge >= 0.3 is 0 Å². The number of aromatic hydroxyl groups is 1. The molecular formula is C16H24N2O. The summed E-state index contributed by atoms with van der Waals surface area (Å²) in [5.74, 6) is 0.489. The van der Waals surface area contributed by atoms with Crippen LogP contribution in [-0.2, 0) is 6.42 Å². The fourth-order valence-electron chi connectivity index (χ4n) is 3.71. The molecule has 0 radical (unpaired) electrons. The summed E-state index contributed by atoms with van der Waals surface area (Å²) in [4.78, 5) is 4.97. The highest BCUT2D eigenvalue weighted by molar-refractivity contribution is 5.44. The molecule has 1 aliphatic heterocycles. The van der Waals surface area contributed by atoms with Crippen LogP contribution in [0.25, 0.3) is 0 Å². The topological polar surface area (TPSA) is 26.7 Å². The van der Waals surface area contributed by atoms with E-state index in [0.29, 0.717) is 11.8 Å². The monoisotopic (exact) mass is 260 g/mol. The first-order valence-corrected chi connectivity index (χ1v) is 7.38. The van der Waals surface area contributed by atoms with E-state index in [1.807, 2.05) is 12.1 Å². The quantitative estimate of drug-likeness (QED) is 0.884. The summed E-state index contributed by atoms with van der Waals surface area (Å²) in [6.45, 7) is 2.37. The van der Waals surface area contributed by atoms with Crippen molar-refractivity contribution in [3.8, 4) is 5.75 Å². The minimum Gasteiger partial charge on any atom is -0.508 e. The van der Waals surface area contributed by atoms with Gasteiger partial charge in [0.15, 0.2) is 0 Å². The maximum Gasteiger partial charge on any atom is 0.119 e. The summed E-state index contributed by atoms with van der Waals surface area (Å²) < 4.78 is 0. The molecule has 1 aromatic rings. The molecule has 1 saturated heterocycles. The molecule has 3 heteroatoms. The summed E-state index contributed by atoms with van der Waals surface area (Å²) >= 11 is 0. The third kappa shape index (κ3) is 2.37. The molecule has 0 spiro atoms. The lowest BCUT2D eigenvalue weighted by atomic mass is 9.99. The largest absolute Gasteiger partial charge is 0.508 e. The standard InChI is InChI=1S/C16H24N2O/c1-17(2)12-8-10-18(11-9-12)15-7-6-14-13(15)4-3-5-16(14)19/h3-5,12,15,19H,6-11H2,1-2H3. The number of phenols is 1. The van der Waals surface area contributed by atoms with Crippen molar-refractivity contribution in [2.24, 2.45) is 0 Å². The number of fused-ring (bicyclic) bond motifs is 1. The second-order valence-electron chi connectivity index (χ2n) is 6.13. The summed E-state index contributed by atoms with van der Waals surface area (Å²) in [6, 6.07) is 7.27. The Kier molecular flexibility index (Phi) is 3.50. The van der Waals surface area contributed by atoms with Gasteiger partial charge in [0, 0.05) is 25.2 Å². The van der Waals surface area contributed by atoms with Gasteiger partial charge in [0.2, 0.25) is 0 Å². The average Bonchev–Trinajstić information content (AvgIpc) is 2.84. The van der Waals surface area contributed by atoms with Gasteiger partial charge in [0.25, 0.3) is 0 Å². The van der Waals surface area contributed by atoms with Gasteiger partial charge in [0.1, 0.15) is 5.75 Å². The minimum absolute atomic E-state index is 0.489. The molecule has 0 saturated carbocycles. The smallest absolute Gasteiger partial charge is 0.119 e. The first-order chi connectivity index (χ1) is 9.16. The number of phenolic OH excluding ortho intramolecular Hbond substituents is 1. The Balaban J connectivity index is 1.72. The van der Waals surface area contributed by atoms with E-state index in [-0.39, 0.29) is 0 Å². The van der Waals surface area contributed by atoms with E-state index in [0.717, 1.165) is 12.5 Å². The van der Waals surface area contributed by atoms with Crippen molar-refractivity contribution in [3.63, 3.8) is 0 Å². The molecule has 1 aliphatic carbocycles. The van der Waals surface area contributed by atoms with Crippen molar-refractivity contribution in [2.45, 2.75) is 37.8 Å². The normalized spacial score (nSPS) is 24.9. The zero-order chi connectivity index (χ0) is 13.4. The van der Waals surface area contributed by atoms with E-state index in [4.69, 9.17) is 0 Å². The highest BCUT2D eigenvalue weighted by atomic mass is 16.3. The van der Waals surface area contributed by atoms with Crippen LogP contribution in [0.5, 0.6) is 5.75 Å². The third-order valence-corrected chi connectivity index (χ3v) is 4.88. The molecule has 0 aromatic heterocycles. The minimum atomic E-state index is 0.489. The Labute approximate surface area is 115 Å². The van der Waals surface area contributed by atoms with E-state index in [1.165, 1.54) is 43.5 Å². The molecule has 1 heterocycles. The van der Waals surface area contributed by atoms with Crippen LogP contribution in [0, 0.1) is 0 Å². The van der Waals surface area contributed by atoms with Gasteiger partial charge in [-0.3, -0.25) is 4.90 Å². The number of nitrogens with zero attached hydrogens (tertiary/aromatic N) is 2. The van der Waals surface area contributed by atoms with E-state index in [2.05, 4.69) is 30.0 Å². The van der Waals surface area contributed by atoms with Gasteiger partial charge in [-0.1, -0.05) is 12.1 Å². The zero-order valence-corrected chi connectivity index (χ0v) is 12.0. The number of likely N-dealkylation sites (tertiary alicyclic amines) is 1. The highest BCUT2D eigenvalue weighted by Gasteiger charge is 2.32. The lowest BCUT2D eigenvalue weighted by Crippen LogP contribution is -2.43. The second-order valence-corrected chi connectivity index (χ2v) is 6.13. The number of rotatable bonds is 2. The van der Waals surface area contributed by atoms with Crippen LogP contribution in [-0.4, -0.2) is 48.1 Å². The first-order valence-electron chi connectivity index (χ1n) is 7.38. The van der Waals surface area contributed by atoms with Crippen molar-refractivity contribution in [1.29, 1.82) is 0 Å². The van der Waals surface area contributed by atoms with Crippen LogP contribution in [0.1, 0.15) is 36.4 Å². The van der Waals surface area contributed by atoms with Crippen molar-refractivity contribution in [1.82, 2.24) is 9.80 Å². The van der Waals surface area contributed by atoms with Crippen molar-refractivity contribution >= 4 is 0 Å². The van der Waals surface area contributed by atoms with E-state index in [1.54, 1.807) is 0 Å². The number of hydrogen-bond donors (Lipinski definition) is 1. The first kappa shape index (κ1) is 12.9. The van der Waals surface area contributed by atoms with E-state index < -0.39 is 0 Å². The van der Waals surface area contributed by atoms with Crippen LogP contribution < -0.4 is 0 Å². The maximum atomic E-state index is 9.94. The van der Waals surface area contributed by atoms with Gasteiger partial charge in [0.05, 0.1) is 0 Å². The summed E-state index contributed by atoms with van der Waals surface area (Å²) in [5, 5.41) is 9.94. The Morgan fingerprint density at radius 3 is 2.58 bits per heavy atom. The Morgan fingerprint density at radius 1 is 1.16 bits per heavy atom. The number of benzene rings is 1. The van der Waals surface area contributed by atoms with Crippen LogP contribution in [0.15, 0.2) is 18.2 Å². The van der Waals surface area contributed by atoms with Gasteiger partial charge in [-0.25, -0.2) is 0 Å². The number of piperidine rings is 1. The molecule has 3 nitrogen and oxygen atoms in total. The van der Waals surface area contributed by atoms with Crippen molar-refractivity contribution < 1.29 is 5.11 Å². The molecular weight excluding hydrogens is 236 g/mol. The lowest BCUT2D eigenvalue weighted by molar-refractivity contribution is 0.108. The van der Waals surface area contributed by atoms with Crippen LogP contribution in [0.3, 0.4) is 0 Å². The van der Waals surface area contributed by atoms with E-state index in [9.17, 15) is 5.11 Å². The lowest BCUT2D eigenvalue weighted by Gasteiger charge is -2.38. The molecule has 1 unspecified atom stereocenters. The molecule has 0 amide bonds. The molecule has 1 fully saturated rings. The molecule has 0 bridgehead atoms. The SMILES string of the molecule is CN(C)C1CCN(C2CCc3c(O)cccc32)CC1. The number of hydrogen-bond acceptors (Lipinski definition) is 3. The summed E-state index contributed by atoms with van der Waals surface area (Å²) in [6.07, 6.45) is 4.72. The van der Waals surface area contributed by atoms with Crippen molar-refractivity contribution in [3.05, 3.63) is 29.3 Å². The maximum absolute atomic E-state index is 9.94. The molecule has 1 aromatic carbocycles. The molecule has 2 aliphatic rings.